The molecule has 0 aliphatic carbocycles. The number of nitrogen functional groups attached to an aromatic ring is 1. The van der Waals surface area contributed by atoms with Crippen LogP contribution in [0.1, 0.15) is 11.1 Å². The summed E-state index contributed by atoms with van der Waals surface area (Å²) in [5, 5.41) is 3.24. The number of aromatic nitrogens is 2. The van der Waals surface area contributed by atoms with Crippen molar-refractivity contribution in [1.29, 1.82) is 0 Å². The molecule has 5 nitrogen and oxygen atoms in total. The number of nitrogens with zero attached hydrogens (tertiary/aromatic N) is 2. The molecule has 3 N–H and O–H groups in total. The monoisotopic (exact) mass is 244 g/mol. The minimum Gasteiger partial charge on any atom is -0.481 e. The Hall–Kier alpha value is -2.30. The maximum Gasteiger partial charge on any atom is 0.225 e. The van der Waals surface area contributed by atoms with Gasteiger partial charge in [0.05, 0.1) is 7.11 Å². The number of anilines is 3. The Morgan fingerprint density at radius 2 is 1.83 bits per heavy atom. The first-order chi connectivity index (χ1) is 8.60. The maximum atomic E-state index is 5.62. The predicted octanol–water partition coefficient (Wildman–Crippen LogP) is 2.43. The fraction of sp³-hybridized carbons (Fsp3) is 0.231. The number of hydrogen-bond acceptors (Lipinski definition) is 5. The van der Waals surface area contributed by atoms with Crippen molar-refractivity contribution in [3.05, 3.63) is 35.4 Å². The Labute approximate surface area is 106 Å². The normalized spacial score (nSPS) is 10.2. The van der Waals surface area contributed by atoms with Crippen molar-refractivity contribution in [1.82, 2.24) is 9.97 Å². The SMILES string of the molecule is COc1cc(Nc2c(C)cccc2C)nc(N)n1. The van der Waals surface area contributed by atoms with Crippen molar-refractivity contribution in [3.8, 4) is 5.88 Å². The minimum absolute atomic E-state index is 0.183. The van der Waals surface area contributed by atoms with Crippen molar-refractivity contribution in [2.75, 3.05) is 18.2 Å². The van der Waals surface area contributed by atoms with E-state index in [1.165, 1.54) is 0 Å². The average Bonchev–Trinajstić information content (AvgIpc) is 2.33. The van der Waals surface area contributed by atoms with Crippen molar-refractivity contribution in [2.45, 2.75) is 13.8 Å². The van der Waals surface area contributed by atoms with Gasteiger partial charge in [0.2, 0.25) is 11.8 Å². The van der Waals surface area contributed by atoms with E-state index in [0.29, 0.717) is 11.7 Å². The van der Waals surface area contributed by atoms with E-state index in [9.17, 15) is 0 Å². The summed E-state index contributed by atoms with van der Waals surface area (Å²) in [5.41, 5.74) is 8.94. The van der Waals surface area contributed by atoms with Crippen molar-refractivity contribution >= 4 is 17.5 Å². The van der Waals surface area contributed by atoms with Crippen LogP contribution in [0.3, 0.4) is 0 Å². The molecule has 0 atom stereocenters. The zero-order valence-electron chi connectivity index (χ0n) is 10.7. The van der Waals surface area contributed by atoms with Crippen LogP contribution in [0.25, 0.3) is 0 Å². The van der Waals surface area contributed by atoms with Gasteiger partial charge in [-0.15, -0.1) is 0 Å². The third-order valence-corrected chi connectivity index (χ3v) is 2.66. The van der Waals surface area contributed by atoms with E-state index >= 15 is 0 Å². The zero-order chi connectivity index (χ0) is 13.1. The summed E-state index contributed by atoms with van der Waals surface area (Å²) in [6.07, 6.45) is 0. The molecule has 0 bridgehead atoms. The lowest BCUT2D eigenvalue weighted by atomic mass is 10.1. The molecule has 0 aliphatic heterocycles. The topological polar surface area (TPSA) is 73.1 Å². The number of benzene rings is 1. The van der Waals surface area contributed by atoms with E-state index in [2.05, 4.69) is 15.3 Å². The number of methoxy groups -OCH3 is 1. The first-order valence-electron chi connectivity index (χ1n) is 5.62. The number of hydrogen-bond donors (Lipinski definition) is 2. The summed E-state index contributed by atoms with van der Waals surface area (Å²) < 4.78 is 5.06. The van der Waals surface area contributed by atoms with Gasteiger partial charge in [-0.05, 0) is 25.0 Å². The lowest BCUT2D eigenvalue weighted by Gasteiger charge is -2.12. The first kappa shape index (κ1) is 12.2. The molecule has 2 aromatic rings. The summed E-state index contributed by atoms with van der Waals surface area (Å²) in [5.74, 6) is 1.25. The van der Waals surface area contributed by atoms with E-state index in [4.69, 9.17) is 10.5 Å². The van der Waals surface area contributed by atoms with Gasteiger partial charge in [0.15, 0.2) is 0 Å². The second-order valence-corrected chi connectivity index (χ2v) is 4.05. The summed E-state index contributed by atoms with van der Waals surface area (Å²) in [4.78, 5) is 8.08. The van der Waals surface area contributed by atoms with Crippen LogP contribution in [0, 0.1) is 13.8 Å². The molecule has 0 aliphatic rings. The fourth-order valence-electron chi connectivity index (χ4n) is 1.75. The highest BCUT2D eigenvalue weighted by molar-refractivity contribution is 5.65. The Balaban J connectivity index is 2.37. The summed E-state index contributed by atoms with van der Waals surface area (Å²) in [6.45, 7) is 4.08. The van der Waals surface area contributed by atoms with Crippen molar-refractivity contribution in [3.63, 3.8) is 0 Å². The van der Waals surface area contributed by atoms with Gasteiger partial charge in [0, 0.05) is 11.8 Å². The summed E-state index contributed by atoms with van der Waals surface area (Å²) in [6, 6.07) is 7.81. The molecule has 5 heteroatoms. The van der Waals surface area contributed by atoms with E-state index in [1.54, 1.807) is 13.2 Å². The number of nitrogens with one attached hydrogen (secondary N) is 1. The van der Waals surface area contributed by atoms with Gasteiger partial charge in [-0.2, -0.15) is 9.97 Å². The molecule has 0 amide bonds. The van der Waals surface area contributed by atoms with Crippen LogP contribution in [0.5, 0.6) is 5.88 Å². The van der Waals surface area contributed by atoms with Crippen LogP contribution in [0.4, 0.5) is 17.5 Å². The van der Waals surface area contributed by atoms with E-state index in [0.717, 1.165) is 16.8 Å². The molecule has 0 spiro atoms. The molecular weight excluding hydrogens is 228 g/mol. The number of nitrogens with two attached hydrogens (primary N) is 1. The quantitative estimate of drug-likeness (QED) is 0.867. The van der Waals surface area contributed by atoms with Gasteiger partial charge in [0.25, 0.3) is 0 Å². The zero-order valence-corrected chi connectivity index (χ0v) is 10.7. The highest BCUT2D eigenvalue weighted by Gasteiger charge is 2.06. The van der Waals surface area contributed by atoms with E-state index < -0.39 is 0 Å². The van der Waals surface area contributed by atoms with Crippen LogP contribution in [0.2, 0.25) is 0 Å². The Kier molecular flexibility index (Phi) is 3.32. The molecule has 0 fully saturated rings. The molecule has 1 heterocycles. The standard InChI is InChI=1S/C13H16N4O/c1-8-5-4-6-9(2)12(8)15-10-7-11(18-3)17-13(14)16-10/h4-7H,1-3H3,(H3,14,15,16,17). The van der Waals surface area contributed by atoms with Crippen LogP contribution >= 0.6 is 0 Å². The highest BCUT2D eigenvalue weighted by Crippen LogP contribution is 2.24. The fourth-order valence-corrected chi connectivity index (χ4v) is 1.75. The molecule has 0 radical (unpaired) electrons. The smallest absolute Gasteiger partial charge is 0.225 e. The molecule has 18 heavy (non-hydrogen) atoms. The lowest BCUT2D eigenvalue weighted by Crippen LogP contribution is -2.03. The second-order valence-electron chi connectivity index (χ2n) is 4.05. The van der Waals surface area contributed by atoms with E-state index in [-0.39, 0.29) is 5.95 Å². The van der Waals surface area contributed by atoms with Crippen LogP contribution in [-0.4, -0.2) is 17.1 Å². The van der Waals surface area contributed by atoms with Crippen LogP contribution in [0.15, 0.2) is 24.3 Å². The van der Waals surface area contributed by atoms with Gasteiger partial charge >= 0.3 is 0 Å². The maximum absolute atomic E-state index is 5.62. The van der Waals surface area contributed by atoms with Crippen molar-refractivity contribution in [2.24, 2.45) is 0 Å². The first-order valence-corrected chi connectivity index (χ1v) is 5.62. The molecule has 1 aromatic carbocycles. The number of aryl methyl sites for hydroxylation is 2. The minimum atomic E-state index is 0.183. The predicted molar refractivity (Wildman–Crippen MR) is 72.2 cm³/mol. The molecular formula is C13H16N4O. The van der Waals surface area contributed by atoms with Gasteiger partial charge in [0.1, 0.15) is 5.82 Å². The third kappa shape index (κ3) is 2.51. The Morgan fingerprint density at radius 1 is 1.17 bits per heavy atom. The Bertz CT molecular complexity index is 549. The van der Waals surface area contributed by atoms with Gasteiger partial charge in [-0.25, -0.2) is 0 Å². The largest absolute Gasteiger partial charge is 0.481 e. The average molecular weight is 244 g/mol. The van der Waals surface area contributed by atoms with Gasteiger partial charge in [-0.3, -0.25) is 0 Å². The number of rotatable bonds is 3. The molecule has 0 unspecified atom stereocenters. The van der Waals surface area contributed by atoms with E-state index in [1.807, 2.05) is 32.0 Å². The molecule has 1 aromatic heterocycles. The Morgan fingerprint density at radius 3 is 2.44 bits per heavy atom. The van der Waals surface area contributed by atoms with Gasteiger partial charge < -0.3 is 15.8 Å². The molecule has 2 rings (SSSR count). The molecule has 94 valence electrons. The number of ether oxygens (including phenoxy) is 1. The molecule has 0 saturated carbocycles. The van der Waals surface area contributed by atoms with Crippen LogP contribution < -0.4 is 15.8 Å². The molecule has 0 saturated heterocycles. The van der Waals surface area contributed by atoms with Gasteiger partial charge in [-0.1, -0.05) is 18.2 Å². The third-order valence-electron chi connectivity index (χ3n) is 2.66. The number of para-hydroxylation sites is 1. The summed E-state index contributed by atoms with van der Waals surface area (Å²) >= 11 is 0. The van der Waals surface area contributed by atoms with Crippen molar-refractivity contribution < 1.29 is 4.74 Å². The second kappa shape index (κ2) is 4.91. The highest BCUT2D eigenvalue weighted by atomic mass is 16.5. The lowest BCUT2D eigenvalue weighted by molar-refractivity contribution is 0.398. The van der Waals surface area contributed by atoms with Crippen LogP contribution in [-0.2, 0) is 0 Å². The summed E-state index contributed by atoms with van der Waals surface area (Å²) in [7, 11) is 1.55.